The maximum Gasteiger partial charge on any atom is 0.770 e. The van der Waals surface area contributed by atoms with Gasteiger partial charge < -0.3 is 0 Å². The summed E-state index contributed by atoms with van der Waals surface area (Å²) >= 11 is 0. The fraction of sp³-hybridized carbons (Fsp3) is 0.286. The first kappa shape index (κ1) is 7.86. The lowest BCUT2D eigenvalue weighted by Crippen LogP contribution is -1.79. The number of carbonyl (C=O) groups excluding carboxylic acids is 1. The predicted octanol–water partition coefficient (Wildman–Crippen LogP) is 1.52. The fourth-order valence-corrected chi connectivity index (χ4v) is 0.278. The summed E-state index contributed by atoms with van der Waals surface area (Å²) < 4.78 is 4.17. The second kappa shape index (κ2) is 3.81. The quantitative estimate of drug-likeness (QED) is 0.264. The largest absolute Gasteiger partial charge is 0.770 e. The van der Waals surface area contributed by atoms with E-state index in [1.807, 2.05) is 6.92 Å². The summed E-state index contributed by atoms with van der Waals surface area (Å²) in [7, 11) is 0. The van der Waals surface area contributed by atoms with Crippen molar-refractivity contribution in [1.82, 2.24) is 0 Å². The minimum absolute atomic E-state index is 0.280. The maximum atomic E-state index is 8.59. The highest BCUT2D eigenvalue weighted by molar-refractivity contribution is 5.13. The van der Waals surface area contributed by atoms with E-state index in [0.717, 1.165) is 5.57 Å². The third-order valence-electron chi connectivity index (χ3n) is 0.678. The van der Waals surface area contributed by atoms with Crippen LogP contribution in [0.5, 0.6) is 0 Å². The monoisotopic (exact) mass is 126 g/mol. The lowest BCUT2D eigenvalue weighted by atomic mass is 10.2. The molecular weight excluding hydrogens is 116 g/mol. The first-order chi connectivity index (χ1) is 4.16. The minimum Gasteiger partial charge on any atom is -0.291 e. The van der Waals surface area contributed by atoms with Gasteiger partial charge in [-0.1, -0.05) is 6.58 Å². The Kier molecular flexibility index (Phi) is 3.33. The number of rotatable bonds is 3. The number of hydrogen-bond acceptors (Lipinski definition) is 1. The third-order valence-corrected chi connectivity index (χ3v) is 0.678. The van der Waals surface area contributed by atoms with Gasteiger partial charge in [-0.2, -0.15) is 0 Å². The highest BCUT2D eigenvalue weighted by Crippen LogP contribution is 1.96. The van der Waals surface area contributed by atoms with Gasteiger partial charge in [0.15, 0.2) is 6.79 Å². The van der Waals surface area contributed by atoms with Crippen molar-refractivity contribution in [2.45, 2.75) is 13.3 Å². The molecule has 0 fully saturated rings. The molecule has 0 aromatic carbocycles. The molecule has 2 nitrogen and oxygen atoms in total. The molecule has 0 bridgehead atoms. The van der Waals surface area contributed by atoms with Crippen molar-refractivity contribution in [1.29, 1.82) is 0 Å². The molecule has 0 rings (SSSR count). The summed E-state index contributed by atoms with van der Waals surface area (Å²) in [6, 6.07) is 0. The van der Waals surface area contributed by atoms with Crippen LogP contribution in [0.25, 0.3) is 0 Å². The number of allylic oxidation sites excluding steroid dienone is 2. The Balaban J connectivity index is 3.69. The lowest BCUT2D eigenvalue weighted by Gasteiger charge is -1.71. The fourth-order valence-electron chi connectivity index (χ4n) is 0.278. The summed E-state index contributed by atoms with van der Waals surface area (Å²) in [5, 5.41) is 8.59. The molecule has 0 aromatic heterocycles. The molecule has 0 radical (unpaired) electrons. The van der Waals surface area contributed by atoms with Crippen molar-refractivity contribution in [2.24, 2.45) is 0 Å². The summed E-state index contributed by atoms with van der Waals surface area (Å²) in [4.78, 5) is 0. The molecule has 48 valence electrons. The smallest absolute Gasteiger partial charge is 0.291 e. The first-order valence-corrected chi connectivity index (χ1v) is 2.53. The van der Waals surface area contributed by atoms with E-state index in [9.17, 15) is 0 Å². The van der Waals surface area contributed by atoms with Gasteiger partial charge in [0, 0.05) is 0 Å². The minimum atomic E-state index is -0.280. The van der Waals surface area contributed by atoms with Crippen LogP contribution in [0.4, 0.5) is 0 Å². The Morgan fingerprint density at radius 1 is 1.78 bits per heavy atom. The van der Waals surface area contributed by atoms with Crippen LogP contribution in [0.15, 0.2) is 18.1 Å². The zero-order valence-electron chi connectivity index (χ0n) is 5.48. The zero-order chi connectivity index (χ0) is 7.28. The van der Waals surface area contributed by atoms with Crippen LogP contribution in [0.2, 0.25) is 0 Å². The van der Waals surface area contributed by atoms with E-state index in [-0.39, 0.29) is 5.95 Å². The van der Waals surface area contributed by atoms with Gasteiger partial charge in [0.25, 0.3) is 0 Å². The Morgan fingerprint density at radius 2 is 2.33 bits per heavy atom. The summed E-state index contributed by atoms with van der Waals surface area (Å²) in [5.41, 5.74) is 0.915. The van der Waals surface area contributed by atoms with Crippen LogP contribution in [0.1, 0.15) is 13.3 Å². The van der Waals surface area contributed by atoms with Crippen molar-refractivity contribution >= 4 is 6.79 Å². The van der Waals surface area contributed by atoms with Crippen molar-refractivity contribution < 1.29 is 9.53 Å². The normalized spacial score (nSPS) is 10.1. The maximum absolute atomic E-state index is 8.59. The molecule has 0 aliphatic carbocycles. The van der Waals surface area contributed by atoms with Crippen LogP contribution in [0.3, 0.4) is 0 Å². The van der Waals surface area contributed by atoms with Crippen LogP contribution in [-0.4, -0.2) is 11.9 Å². The van der Waals surface area contributed by atoms with E-state index in [2.05, 4.69) is 23.9 Å². The van der Waals surface area contributed by atoms with Gasteiger partial charge in [-0.25, -0.2) is 4.42 Å². The van der Waals surface area contributed by atoms with Crippen molar-refractivity contribution in [3.8, 4) is 0 Å². The van der Waals surface area contributed by atoms with Gasteiger partial charge >= 0.3 is 12.0 Å². The predicted molar refractivity (Wildman–Crippen MR) is 35.9 cm³/mol. The molecule has 2 heteroatoms. The van der Waals surface area contributed by atoms with Gasteiger partial charge in [0.1, 0.15) is 0 Å². The first-order valence-electron chi connectivity index (χ1n) is 2.53. The zero-order valence-corrected chi connectivity index (χ0v) is 5.48. The van der Waals surface area contributed by atoms with E-state index >= 15 is 0 Å². The van der Waals surface area contributed by atoms with Crippen LogP contribution in [-0.2, 0) is 4.42 Å². The van der Waals surface area contributed by atoms with E-state index in [1.165, 1.54) is 0 Å². The summed E-state index contributed by atoms with van der Waals surface area (Å²) in [6.07, 6.45) is 3.02. The van der Waals surface area contributed by atoms with Gasteiger partial charge in [-0.15, -0.1) is 0 Å². The molecule has 0 saturated heterocycles. The molecule has 9 heavy (non-hydrogen) atoms. The third kappa shape index (κ3) is 4.72. The van der Waals surface area contributed by atoms with Crippen LogP contribution < -0.4 is 0 Å². The second-order valence-corrected chi connectivity index (χ2v) is 1.76. The molecule has 0 saturated carbocycles. The van der Waals surface area contributed by atoms with E-state index < -0.39 is 0 Å². The molecule has 0 atom stereocenters. The topological polar surface area (TPSA) is 31.5 Å². The van der Waals surface area contributed by atoms with Gasteiger partial charge in [0.05, 0.1) is 0 Å². The summed E-state index contributed by atoms with van der Waals surface area (Å²) in [5.74, 6) is -0.280. The van der Waals surface area contributed by atoms with Gasteiger partial charge in [-0.3, -0.25) is 5.11 Å². The lowest BCUT2D eigenvalue weighted by molar-refractivity contribution is -0.426. The Morgan fingerprint density at radius 3 is 2.67 bits per heavy atom. The second-order valence-electron chi connectivity index (χ2n) is 1.76. The number of hydrogen-bond donors (Lipinski definition) is 1. The van der Waals surface area contributed by atoms with Crippen molar-refractivity contribution in [3.63, 3.8) is 0 Å². The highest BCUT2D eigenvalue weighted by Gasteiger charge is 2.16. The molecule has 0 aliphatic rings. The SMILES string of the molecule is C=[O+]C(O)=[C+]CC(=C)C. The van der Waals surface area contributed by atoms with Crippen molar-refractivity contribution in [2.75, 3.05) is 0 Å². The standard InChI is InChI=1S/C7H9O2/c1-6(2)4-5-7(8)9-3/h1,3-4H2,2H3/q+1/p+1. The van der Waals surface area contributed by atoms with E-state index in [0.29, 0.717) is 6.42 Å². The van der Waals surface area contributed by atoms with E-state index in [4.69, 9.17) is 5.11 Å². The summed E-state index contributed by atoms with van der Waals surface area (Å²) in [6.45, 7) is 8.42. The molecule has 0 amide bonds. The molecule has 0 aromatic rings. The Bertz CT molecular complexity index is 145. The molecule has 1 N–H and O–H groups in total. The molecular formula is C7H10O2+2. The van der Waals surface area contributed by atoms with Crippen molar-refractivity contribution in [3.05, 3.63) is 24.2 Å². The highest BCUT2D eigenvalue weighted by atomic mass is 16.5. The van der Waals surface area contributed by atoms with Crippen LogP contribution in [0, 0.1) is 6.08 Å². The number of aliphatic hydroxyl groups is 1. The average molecular weight is 126 g/mol. The number of aliphatic hydroxyl groups excluding tert-OH is 1. The van der Waals surface area contributed by atoms with Crippen LogP contribution >= 0.6 is 0 Å². The molecule has 0 heterocycles. The van der Waals surface area contributed by atoms with Gasteiger partial charge in [0.2, 0.25) is 6.42 Å². The Hall–Kier alpha value is -1.14. The van der Waals surface area contributed by atoms with E-state index in [1.54, 1.807) is 0 Å². The van der Waals surface area contributed by atoms with Gasteiger partial charge in [-0.05, 0) is 12.5 Å². The average Bonchev–Trinajstić information content (AvgIpc) is 1.83. The molecule has 0 aliphatic heterocycles. The molecule has 0 spiro atoms. The Labute approximate surface area is 54.8 Å². The molecule has 0 unspecified atom stereocenters.